The zero-order valence-electron chi connectivity index (χ0n) is 17.1. The molecule has 1 saturated heterocycles. The fourth-order valence-corrected chi connectivity index (χ4v) is 4.20. The van der Waals surface area contributed by atoms with Crippen molar-refractivity contribution in [3.05, 3.63) is 35.9 Å². The molecule has 1 aliphatic rings. The highest BCUT2D eigenvalue weighted by molar-refractivity contribution is 7.90. The van der Waals surface area contributed by atoms with Crippen molar-refractivity contribution >= 4 is 21.7 Å². The molecule has 156 valence electrons. The molecule has 0 saturated carbocycles. The minimum atomic E-state index is -3.16. The lowest BCUT2D eigenvalue weighted by molar-refractivity contribution is -0.146. The first-order valence-corrected chi connectivity index (χ1v) is 12.1. The maximum absolute atomic E-state index is 12.6. The number of rotatable bonds is 8. The van der Waals surface area contributed by atoms with Gasteiger partial charge in [-0.15, -0.1) is 0 Å². The molecule has 1 aliphatic heterocycles. The van der Waals surface area contributed by atoms with E-state index >= 15 is 0 Å². The lowest BCUT2D eigenvalue weighted by Crippen LogP contribution is -2.60. The number of aryl methyl sites for hydroxylation is 1. The smallest absolute Gasteiger partial charge is 0.223 e. The summed E-state index contributed by atoms with van der Waals surface area (Å²) in [6.45, 7) is 4.86. The Bertz CT molecular complexity index is 764. The van der Waals surface area contributed by atoms with Crippen LogP contribution in [0.2, 0.25) is 0 Å². The third kappa shape index (κ3) is 6.62. The maximum Gasteiger partial charge on any atom is 0.223 e. The summed E-state index contributed by atoms with van der Waals surface area (Å²) in [6.07, 6.45) is 4.46. The van der Waals surface area contributed by atoms with Crippen LogP contribution in [0.15, 0.2) is 30.3 Å². The van der Waals surface area contributed by atoms with Crippen LogP contribution >= 0.6 is 0 Å². The quantitative estimate of drug-likeness (QED) is 0.619. The zero-order valence-corrected chi connectivity index (χ0v) is 18.0. The van der Waals surface area contributed by atoms with Crippen molar-refractivity contribution in [2.75, 3.05) is 25.1 Å². The van der Waals surface area contributed by atoms with Crippen molar-refractivity contribution in [2.24, 2.45) is 0 Å². The van der Waals surface area contributed by atoms with Gasteiger partial charge in [0.1, 0.15) is 9.84 Å². The zero-order chi connectivity index (χ0) is 20.7. The molecule has 0 aliphatic carbocycles. The van der Waals surface area contributed by atoms with E-state index in [2.05, 4.69) is 12.1 Å². The molecule has 0 spiro atoms. The maximum atomic E-state index is 12.6. The highest BCUT2D eigenvalue weighted by Crippen LogP contribution is 2.20. The van der Waals surface area contributed by atoms with Crippen LogP contribution in [0.3, 0.4) is 0 Å². The molecule has 1 fully saturated rings. The Hall–Kier alpha value is -1.89. The molecule has 1 heterocycles. The lowest BCUT2D eigenvalue weighted by Gasteiger charge is -2.45. The van der Waals surface area contributed by atoms with Crippen LogP contribution < -0.4 is 0 Å². The second-order valence-electron chi connectivity index (χ2n) is 7.73. The molecular weight excluding hydrogens is 376 g/mol. The number of sulfone groups is 1. The van der Waals surface area contributed by atoms with E-state index in [0.29, 0.717) is 19.5 Å². The van der Waals surface area contributed by atoms with Crippen LogP contribution in [0.25, 0.3) is 0 Å². The molecule has 0 aromatic heterocycles. The highest BCUT2D eigenvalue weighted by atomic mass is 32.2. The van der Waals surface area contributed by atoms with Crippen LogP contribution in [0.4, 0.5) is 0 Å². The van der Waals surface area contributed by atoms with Crippen LogP contribution in [0, 0.1) is 0 Å². The van der Waals surface area contributed by atoms with Gasteiger partial charge in [-0.05, 0) is 38.7 Å². The Kier molecular flexibility index (Phi) is 8.04. The van der Waals surface area contributed by atoms with Crippen LogP contribution in [0.1, 0.15) is 45.1 Å². The number of benzene rings is 1. The Morgan fingerprint density at radius 3 is 2.00 bits per heavy atom. The predicted molar refractivity (Wildman–Crippen MR) is 111 cm³/mol. The topological polar surface area (TPSA) is 74.8 Å². The molecule has 0 radical (unpaired) electrons. The first kappa shape index (κ1) is 22.4. The fraction of sp³-hybridized carbons (Fsp3) is 0.619. The van der Waals surface area contributed by atoms with Gasteiger partial charge in [0.15, 0.2) is 0 Å². The summed E-state index contributed by atoms with van der Waals surface area (Å²) < 4.78 is 22.6. The van der Waals surface area contributed by atoms with Gasteiger partial charge in [0, 0.05) is 44.3 Å². The molecule has 0 unspecified atom stereocenters. The first-order valence-electron chi connectivity index (χ1n) is 9.99. The Labute approximate surface area is 168 Å². The summed E-state index contributed by atoms with van der Waals surface area (Å²) in [5, 5.41) is 0. The fourth-order valence-electron chi connectivity index (χ4n) is 3.66. The minimum absolute atomic E-state index is 0.00330. The third-order valence-corrected chi connectivity index (χ3v) is 6.49. The molecule has 6 nitrogen and oxygen atoms in total. The number of unbranched alkanes of at least 4 members (excludes halogenated alkanes) is 1. The Morgan fingerprint density at radius 2 is 1.46 bits per heavy atom. The predicted octanol–water partition coefficient (Wildman–Crippen LogP) is 2.28. The SMILES string of the molecule is C[C@@H]1[C@@H](C)N(C(=O)CCS(C)(=O)=O)CCN1C(=O)CCCCc1ccccc1. The van der Waals surface area contributed by atoms with E-state index in [-0.39, 0.29) is 36.1 Å². The summed E-state index contributed by atoms with van der Waals surface area (Å²) in [5.74, 6) is -0.150. The number of carbonyl (C=O) groups is 2. The van der Waals surface area contributed by atoms with E-state index in [9.17, 15) is 18.0 Å². The molecular formula is C21H32N2O4S. The van der Waals surface area contributed by atoms with E-state index in [0.717, 1.165) is 25.5 Å². The monoisotopic (exact) mass is 408 g/mol. The average Bonchev–Trinajstić information content (AvgIpc) is 2.65. The van der Waals surface area contributed by atoms with Crippen molar-refractivity contribution in [3.8, 4) is 0 Å². The summed E-state index contributed by atoms with van der Waals surface area (Å²) in [4.78, 5) is 28.6. The average molecular weight is 409 g/mol. The summed E-state index contributed by atoms with van der Waals surface area (Å²) >= 11 is 0. The van der Waals surface area contributed by atoms with Crippen molar-refractivity contribution in [1.82, 2.24) is 9.80 Å². The van der Waals surface area contributed by atoms with Crippen molar-refractivity contribution in [1.29, 1.82) is 0 Å². The molecule has 1 aromatic rings. The van der Waals surface area contributed by atoms with Crippen molar-refractivity contribution < 1.29 is 18.0 Å². The van der Waals surface area contributed by atoms with Gasteiger partial charge in [0.05, 0.1) is 5.75 Å². The normalized spacial score (nSPS) is 20.2. The van der Waals surface area contributed by atoms with Gasteiger partial charge >= 0.3 is 0 Å². The Balaban J connectivity index is 1.79. The van der Waals surface area contributed by atoms with E-state index < -0.39 is 9.84 Å². The first-order chi connectivity index (χ1) is 13.2. The minimum Gasteiger partial charge on any atom is -0.336 e. The molecule has 28 heavy (non-hydrogen) atoms. The number of hydrogen-bond acceptors (Lipinski definition) is 4. The number of carbonyl (C=O) groups excluding carboxylic acids is 2. The van der Waals surface area contributed by atoms with Crippen molar-refractivity contribution in [3.63, 3.8) is 0 Å². The van der Waals surface area contributed by atoms with Gasteiger partial charge in [-0.2, -0.15) is 0 Å². The van der Waals surface area contributed by atoms with E-state index in [1.807, 2.05) is 36.9 Å². The molecule has 2 amide bonds. The molecule has 1 aromatic carbocycles. The van der Waals surface area contributed by atoms with Gasteiger partial charge in [0.25, 0.3) is 0 Å². The van der Waals surface area contributed by atoms with Gasteiger partial charge in [0.2, 0.25) is 11.8 Å². The van der Waals surface area contributed by atoms with Crippen molar-refractivity contribution in [2.45, 2.75) is 58.0 Å². The number of nitrogens with zero attached hydrogens (tertiary/aromatic N) is 2. The second-order valence-corrected chi connectivity index (χ2v) is 9.99. The van der Waals surface area contributed by atoms with Gasteiger partial charge < -0.3 is 9.80 Å². The summed E-state index contributed by atoms with van der Waals surface area (Å²) in [5.41, 5.74) is 1.29. The third-order valence-electron chi connectivity index (χ3n) is 5.54. The van der Waals surface area contributed by atoms with E-state index in [1.165, 1.54) is 5.56 Å². The molecule has 7 heteroatoms. The summed E-state index contributed by atoms with van der Waals surface area (Å²) in [6, 6.07) is 10.1. The van der Waals surface area contributed by atoms with Crippen LogP contribution in [-0.2, 0) is 25.8 Å². The number of amides is 2. The highest BCUT2D eigenvalue weighted by Gasteiger charge is 2.35. The Morgan fingerprint density at radius 1 is 0.929 bits per heavy atom. The molecule has 2 atom stereocenters. The number of hydrogen-bond donors (Lipinski definition) is 0. The van der Waals surface area contributed by atoms with Gasteiger partial charge in [-0.1, -0.05) is 30.3 Å². The van der Waals surface area contributed by atoms with Gasteiger partial charge in [-0.3, -0.25) is 9.59 Å². The standard InChI is InChI=1S/C21H32N2O4S/c1-17-18(2)23(21(25)13-16-28(3,26)27)15-14-22(17)20(24)12-8-7-11-19-9-5-4-6-10-19/h4-6,9-10,17-18H,7-8,11-16H2,1-3H3/t17-,18-/m1/s1. The lowest BCUT2D eigenvalue weighted by atomic mass is 10.0. The number of piperazine rings is 1. The second kappa shape index (κ2) is 10.0. The van der Waals surface area contributed by atoms with E-state index in [1.54, 1.807) is 4.90 Å². The van der Waals surface area contributed by atoms with Gasteiger partial charge in [-0.25, -0.2) is 8.42 Å². The summed E-state index contributed by atoms with van der Waals surface area (Å²) in [7, 11) is -3.16. The largest absolute Gasteiger partial charge is 0.336 e. The van der Waals surface area contributed by atoms with Crippen LogP contribution in [0.5, 0.6) is 0 Å². The van der Waals surface area contributed by atoms with Crippen LogP contribution in [-0.4, -0.2) is 67.2 Å². The van der Waals surface area contributed by atoms with E-state index in [4.69, 9.17) is 0 Å². The molecule has 0 bridgehead atoms. The molecule has 0 N–H and O–H groups in total. The molecule has 2 rings (SSSR count).